The van der Waals surface area contributed by atoms with Crippen molar-refractivity contribution in [2.24, 2.45) is 0 Å². The van der Waals surface area contributed by atoms with E-state index in [4.69, 9.17) is 11.6 Å². The van der Waals surface area contributed by atoms with E-state index in [0.29, 0.717) is 22.8 Å². The average molecular weight is 654 g/mol. The fourth-order valence-electron chi connectivity index (χ4n) is 3.88. The lowest BCUT2D eigenvalue weighted by molar-refractivity contribution is -0.140. The molecule has 0 radical (unpaired) electrons. The Bertz CT molecular complexity index is 1320. The van der Waals surface area contributed by atoms with Gasteiger partial charge in [-0.1, -0.05) is 60.1 Å². The van der Waals surface area contributed by atoms with Crippen LogP contribution in [0.25, 0.3) is 0 Å². The summed E-state index contributed by atoms with van der Waals surface area (Å²) in [6, 6.07) is 22.4. The van der Waals surface area contributed by atoms with Gasteiger partial charge >= 0.3 is 0 Å². The molecule has 0 spiro atoms. The van der Waals surface area contributed by atoms with Crippen molar-refractivity contribution in [2.45, 2.75) is 25.9 Å². The maximum absolute atomic E-state index is 13.9. The highest BCUT2D eigenvalue weighted by molar-refractivity contribution is 14.1. The van der Waals surface area contributed by atoms with Crippen LogP contribution < -0.4 is 9.62 Å². The normalized spacial score (nSPS) is 12.0. The highest BCUT2D eigenvalue weighted by Crippen LogP contribution is 2.23. The molecule has 0 saturated heterocycles. The fraction of sp³-hybridized carbons (Fsp3) is 0.259. The molecule has 37 heavy (non-hydrogen) atoms. The Kier molecular flexibility index (Phi) is 10.4. The molecule has 1 atom stereocenters. The second-order valence-electron chi connectivity index (χ2n) is 8.46. The number of nitrogens with one attached hydrogen (secondary N) is 1. The van der Waals surface area contributed by atoms with Crippen molar-refractivity contribution in [3.63, 3.8) is 0 Å². The summed E-state index contributed by atoms with van der Waals surface area (Å²) in [5, 5.41) is 3.28. The molecule has 0 fully saturated rings. The molecule has 1 N–H and O–H groups in total. The van der Waals surface area contributed by atoms with E-state index in [1.165, 1.54) is 4.90 Å². The molecule has 0 aromatic heterocycles. The van der Waals surface area contributed by atoms with Crippen LogP contribution in [0.1, 0.15) is 18.1 Å². The van der Waals surface area contributed by atoms with Gasteiger partial charge in [-0.05, 0) is 71.0 Å². The molecule has 3 rings (SSSR count). The highest BCUT2D eigenvalue weighted by atomic mass is 127. The number of amides is 2. The van der Waals surface area contributed by atoms with Crippen LogP contribution in [0.2, 0.25) is 5.02 Å². The number of carbonyl (C=O) groups is 2. The van der Waals surface area contributed by atoms with Crippen molar-refractivity contribution in [3.8, 4) is 0 Å². The summed E-state index contributed by atoms with van der Waals surface area (Å²) in [6.45, 7) is 1.77. The molecule has 0 heterocycles. The number of hydrogen-bond acceptors (Lipinski definition) is 4. The van der Waals surface area contributed by atoms with Gasteiger partial charge in [0.05, 0.1) is 11.9 Å². The van der Waals surface area contributed by atoms with Gasteiger partial charge < -0.3 is 10.2 Å². The summed E-state index contributed by atoms with van der Waals surface area (Å²) in [7, 11) is -3.80. The smallest absolute Gasteiger partial charge is 0.244 e. The van der Waals surface area contributed by atoms with Gasteiger partial charge in [0.2, 0.25) is 21.8 Å². The van der Waals surface area contributed by atoms with Gasteiger partial charge in [-0.25, -0.2) is 8.42 Å². The van der Waals surface area contributed by atoms with Gasteiger partial charge in [-0.15, -0.1) is 0 Å². The summed E-state index contributed by atoms with van der Waals surface area (Å²) in [6.07, 6.45) is 1.31. The molecule has 0 bridgehead atoms. The van der Waals surface area contributed by atoms with Crippen LogP contribution in [0.15, 0.2) is 78.9 Å². The highest BCUT2D eigenvalue weighted by Gasteiger charge is 2.33. The van der Waals surface area contributed by atoms with Crippen molar-refractivity contribution >= 4 is 61.7 Å². The molecule has 10 heteroatoms. The van der Waals surface area contributed by atoms with Crippen molar-refractivity contribution in [1.82, 2.24) is 10.2 Å². The van der Waals surface area contributed by atoms with Crippen LogP contribution in [0.5, 0.6) is 0 Å². The van der Waals surface area contributed by atoms with Crippen LogP contribution >= 0.6 is 34.2 Å². The predicted octanol–water partition coefficient (Wildman–Crippen LogP) is 4.49. The van der Waals surface area contributed by atoms with E-state index in [-0.39, 0.29) is 18.9 Å². The molecule has 3 aromatic carbocycles. The summed E-state index contributed by atoms with van der Waals surface area (Å²) >= 11 is 8.55. The van der Waals surface area contributed by atoms with Gasteiger partial charge in [0.25, 0.3) is 0 Å². The first-order valence-corrected chi connectivity index (χ1v) is 15.0. The zero-order valence-corrected chi connectivity index (χ0v) is 24.3. The van der Waals surface area contributed by atoms with Crippen molar-refractivity contribution < 1.29 is 18.0 Å². The first kappa shape index (κ1) is 28.9. The number of hydrogen-bond donors (Lipinski definition) is 1. The van der Waals surface area contributed by atoms with Crippen LogP contribution in [0, 0.1) is 3.57 Å². The number of carbonyl (C=O) groups excluding carboxylic acids is 2. The van der Waals surface area contributed by atoms with E-state index >= 15 is 0 Å². The molecule has 196 valence electrons. The predicted molar refractivity (Wildman–Crippen MR) is 156 cm³/mol. The number of anilines is 1. The lowest BCUT2D eigenvalue weighted by Crippen LogP contribution is -2.53. The Morgan fingerprint density at radius 3 is 2.19 bits per heavy atom. The summed E-state index contributed by atoms with van der Waals surface area (Å²) in [4.78, 5) is 28.6. The average Bonchev–Trinajstić information content (AvgIpc) is 2.86. The first-order chi connectivity index (χ1) is 17.6. The number of likely N-dealkylation sites (N-methyl/N-ethyl adjacent to an activating group) is 1. The van der Waals surface area contributed by atoms with Crippen LogP contribution in [0.3, 0.4) is 0 Å². The molecule has 0 aliphatic heterocycles. The van der Waals surface area contributed by atoms with E-state index in [9.17, 15) is 18.0 Å². The second kappa shape index (κ2) is 13.3. The molecule has 2 amide bonds. The molecular formula is C27H29ClIN3O4S. The van der Waals surface area contributed by atoms with Crippen LogP contribution in [-0.4, -0.2) is 50.5 Å². The maximum atomic E-state index is 13.9. The number of halogens is 2. The summed E-state index contributed by atoms with van der Waals surface area (Å²) < 4.78 is 27.5. The molecule has 0 saturated carbocycles. The molecule has 0 unspecified atom stereocenters. The topological polar surface area (TPSA) is 86.8 Å². The monoisotopic (exact) mass is 653 g/mol. The lowest BCUT2D eigenvalue weighted by Gasteiger charge is -2.33. The molecular weight excluding hydrogens is 625 g/mol. The summed E-state index contributed by atoms with van der Waals surface area (Å²) in [5.41, 5.74) is 1.89. The first-order valence-electron chi connectivity index (χ1n) is 11.7. The van der Waals surface area contributed by atoms with E-state index in [0.717, 1.165) is 19.7 Å². The zero-order chi connectivity index (χ0) is 27.0. The van der Waals surface area contributed by atoms with Crippen molar-refractivity contribution in [1.29, 1.82) is 0 Å². The third kappa shape index (κ3) is 8.18. The van der Waals surface area contributed by atoms with Gasteiger partial charge in [0, 0.05) is 28.1 Å². The molecule has 0 aliphatic carbocycles. The number of nitrogens with zero attached hydrogens (tertiary/aromatic N) is 2. The molecule has 7 nitrogen and oxygen atoms in total. The van der Waals surface area contributed by atoms with Gasteiger partial charge in [0.1, 0.15) is 12.6 Å². The number of rotatable bonds is 11. The third-order valence-corrected chi connectivity index (χ3v) is 7.94. The largest absolute Gasteiger partial charge is 0.355 e. The van der Waals surface area contributed by atoms with Gasteiger partial charge in [0.15, 0.2) is 0 Å². The molecule has 3 aromatic rings. The number of sulfonamides is 1. The van der Waals surface area contributed by atoms with Crippen LogP contribution in [-0.2, 0) is 32.6 Å². The standard InChI is InChI=1S/C27H29ClIN3O4S/c1-3-30-27(34)25(17-20-9-5-4-6-10-20)31(18-21-11-7-8-12-24(21)28)26(33)19-32(37(2,35)36)23-15-13-22(29)14-16-23/h4-16,25H,3,17-19H2,1-2H3,(H,30,34)/t25-/m0/s1. The van der Waals surface area contributed by atoms with E-state index in [2.05, 4.69) is 27.9 Å². The van der Waals surface area contributed by atoms with Crippen LogP contribution in [0.4, 0.5) is 5.69 Å². The Morgan fingerprint density at radius 2 is 1.59 bits per heavy atom. The summed E-state index contributed by atoms with van der Waals surface area (Å²) in [5.74, 6) is -0.844. The van der Waals surface area contributed by atoms with Crippen molar-refractivity contribution in [2.75, 3.05) is 23.7 Å². The zero-order valence-electron chi connectivity index (χ0n) is 20.6. The third-order valence-electron chi connectivity index (χ3n) is 5.71. The minimum absolute atomic E-state index is 0.0391. The van der Waals surface area contributed by atoms with Crippen molar-refractivity contribution in [3.05, 3.63) is 98.6 Å². The van der Waals surface area contributed by atoms with E-state index in [1.807, 2.05) is 30.3 Å². The lowest BCUT2D eigenvalue weighted by atomic mass is 10.0. The Hall–Kier alpha value is -2.63. The van der Waals surface area contributed by atoms with E-state index < -0.39 is 28.5 Å². The Morgan fingerprint density at radius 1 is 0.973 bits per heavy atom. The fourth-order valence-corrected chi connectivity index (χ4v) is 5.28. The SMILES string of the molecule is CCNC(=O)[C@H](Cc1ccccc1)N(Cc1ccccc1Cl)C(=O)CN(c1ccc(I)cc1)S(C)(=O)=O. The maximum Gasteiger partial charge on any atom is 0.244 e. The quantitative estimate of drug-likeness (QED) is 0.309. The number of benzene rings is 3. The molecule has 0 aliphatic rings. The minimum Gasteiger partial charge on any atom is -0.355 e. The van der Waals surface area contributed by atoms with Gasteiger partial charge in [-0.3, -0.25) is 13.9 Å². The Labute approximate surface area is 237 Å². The minimum atomic E-state index is -3.80. The van der Waals surface area contributed by atoms with E-state index in [1.54, 1.807) is 55.5 Å². The Balaban J connectivity index is 2.04. The second-order valence-corrected chi connectivity index (χ2v) is 12.0. The van der Waals surface area contributed by atoms with Gasteiger partial charge in [-0.2, -0.15) is 0 Å².